The van der Waals surface area contributed by atoms with Crippen LogP contribution >= 0.6 is 12.4 Å². The van der Waals surface area contributed by atoms with Crippen LogP contribution in [0.2, 0.25) is 0 Å². The van der Waals surface area contributed by atoms with E-state index in [2.05, 4.69) is 0 Å². The second kappa shape index (κ2) is 5.07. The standard InChI is InChI=1S/C8H16N2O2.ClH/c1-8(2,3)5-6(11)10(4)7(9)12;/h5H2,1-4H3,(H2,9,12);1H. The van der Waals surface area contributed by atoms with Gasteiger partial charge >= 0.3 is 6.03 Å². The molecule has 0 atom stereocenters. The van der Waals surface area contributed by atoms with Crippen LogP contribution in [-0.2, 0) is 4.79 Å². The summed E-state index contributed by atoms with van der Waals surface area (Å²) in [5.41, 5.74) is 4.81. The molecule has 0 aromatic heterocycles. The molecule has 0 aromatic rings. The zero-order valence-electron chi connectivity index (χ0n) is 8.46. The fraction of sp³-hybridized carbons (Fsp3) is 0.750. The minimum absolute atomic E-state index is 0. The van der Waals surface area contributed by atoms with Crippen molar-refractivity contribution in [1.29, 1.82) is 0 Å². The van der Waals surface area contributed by atoms with Crippen LogP contribution in [0, 0.1) is 5.41 Å². The quantitative estimate of drug-likeness (QED) is 0.708. The summed E-state index contributed by atoms with van der Waals surface area (Å²) in [6, 6.07) is -0.704. The number of hydrogen-bond donors (Lipinski definition) is 1. The van der Waals surface area contributed by atoms with Crippen LogP contribution in [0.4, 0.5) is 4.79 Å². The molecule has 3 amide bonds. The first kappa shape index (κ1) is 14.7. The Labute approximate surface area is 84.9 Å². The van der Waals surface area contributed by atoms with Crippen molar-refractivity contribution in [2.75, 3.05) is 7.05 Å². The van der Waals surface area contributed by atoms with E-state index in [1.807, 2.05) is 20.8 Å². The van der Waals surface area contributed by atoms with Gasteiger partial charge in [-0.15, -0.1) is 12.4 Å². The lowest BCUT2D eigenvalue weighted by Crippen LogP contribution is -2.38. The maximum Gasteiger partial charge on any atom is 0.321 e. The van der Waals surface area contributed by atoms with Gasteiger partial charge in [-0.05, 0) is 5.41 Å². The molecule has 0 heterocycles. The van der Waals surface area contributed by atoms with E-state index in [1.165, 1.54) is 7.05 Å². The molecule has 4 nitrogen and oxygen atoms in total. The zero-order chi connectivity index (χ0) is 9.94. The van der Waals surface area contributed by atoms with Crippen molar-refractivity contribution in [2.45, 2.75) is 27.2 Å². The lowest BCUT2D eigenvalue weighted by Gasteiger charge is -2.20. The first-order valence-electron chi connectivity index (χ1n) is 3.80. The Morgan fingerprint density at radius 1 is 1.31 bits per heavy atom. The number of carbonyl (C=O) groups is 2. The molecule has 0 saturated heterocycles. The van der Waals surface area contributed by atoms with Gasteiger partial charge in [-0.3, -0.25) is 9.69 Å². The van der Waals surface area contributed by atoms with Gasteiger partial charge in [-0.2, -0.15) is 0 Å². The van der Waals surface area contributed by atoms with Crippen molar-refractivity contribution < 1.29 is 9.59 Å². The maximum absolute atomic E-state index is 11.2. The van der Waals surface area contributed by atoms with Gasteiger partial charge in [0.2, 0.25) is 5.91 Å². The van der Waals surface area contributed by atoms with Gasteiger partial charge in [0.05, 0.1) is 0 Å². The van der Waals surface area contributed by atoms with Gasteiger partial charge in [0.25, 0.3) is 0 Å². The second-order valence-electron chi connectivity index (χ2n) is 4.03. The third kappa shape index (κ3) is 6.40. The molecule has 78 valence electrons. The predicted molar refractivity (Wildman–Crippen MR) is 53.7 cm³/mol. The number of imide groups is 1. The molecule has 0 bridgehead atoms. The second-order valence-corrected chi connectivity index (χ2v) is 4.03. The highest BCUT2D eigenvalue weighted by atomic mass is 35.5. The molecule has 0 aliphatic carbocycles. The number of halogens is 1. The van der Waals surface area contributed by atoms with Crippen LogP contribution in [0.15, 0.2) is 0 Å². The third-order valence-electron chi connectivity index (χ3n) is 1.39. The van der Waals surface area contributed by atoms with E-state index in [0.717, 1.165) is 4.90 Å². The van der Waals surface area contributed by atoms with Gasteiger partial charge in [-0.1, -0.05) is 20.8 Å². The van der Waals surface area contributed by atoms with Crippen LogP contribution in [0.25, 0.3) is 0 Å². The predicted octanol–water partition coefficient (Wildman–Crippen LogP) is 1.38. The van der Waals surface area contributed by atoms with Crippen molar-refractivity contribution in [1.82, 2.24) is 4.90 Å². The van der Waals surface area contributed by atoms with Crippen LogP contribution < -0.4 is 5.73 Å². The molecule has 13 heavy (non-hydrogen) atoms. The molecule has 0 radical (unpaired) electrons. The van der Waals surface area contributed by atoms with Crippen LogP contribution in [0.5, 0.6) is 0 Å². The summed E-state index contributed by atoms with van der Waals surface area (Å²) >= 11 is 0. The van der Waals surface area contributed by atoms with E-state index in [4.69, 9.17) is 5.73 Å². The lowest BCUT2D eigenvalue weighted by atomic mass is 9.92. The molecule has 0 aromatic carbocycles. The highest BCUT2D eigenvalue weighted by Gasteiger charge is 2.20. The molecule has 0 unspecified atom stereocenters. The summed E-state index contributed by atoms with van der Waals surface area (Å²) < 4.78 is 0. The van der Waals surface area contributed by atoms with Gasteiger partial charge in [0.15, 0.2) is 0 Å². The SMILES string of the molecule is CN(C(N)=O)C(=O)CC(C)(C)C.Cl. The Bertz CT molecular complexity index is 199. The molecule has 2 N–H and O–H groups in total. The average Bonchev–Trinajstić information content (AvgIpc) is 1.82. The van der Waals surface area contributed by atoms with Crippen molar-refractivity contribution in [3.8, 4) is 0 Å². The fourth-order valence-corrected chi connectivity index (χ4v) is 0.695. The number of primary amides is 1. The zero-order valence-corrected chi connectivity index (χ0v) is 9.27. The molecule has 0 aliphatic heterocycles. The van der Waals surface area contributed by atoms with Gasteiger partial charge < -0.3 is 5.73 Å². The Morgan fingerprint density at radius 2 is 1.69 bits per heavy atom. The number of carbonyl (C=O) groups excluding carboxylic acids is 2. The number of nitrogens with zero attached hydrogens (tertiary/aromatic N) is 1. The summed E-state index contributed by atoms with van der Waals surface area (Å²) in [6.07, 6.45) is 0.326. The number of amides is 3. The number of urea groups is 1. The van der Waals surface area contributed by atoms with Gasteiger partial charge in [-0.25, -0.2) is 4.79 Å². The molecule has 0 saturated carbocycles. The summed E-state index contributed by atoms with van der Waals surface area (Å²) in [4.78, 5) is 22.7. The highest BCUT2D eigenvalue weighted by molar-refractivity contribution is 5.93. The van der Waals surface area contributed by atoms with Crippen LogP contribution in [0.3, 0.4) is 0 Å². The Morgan fingerprint density at radius 3 is 1.92 bits per heavy atom. The monoisotopic (exact) mass is 208 g/mol. The topological polar surface area (TPSA) is 63.4 Å². The van der Waals surface area contributed by atoms with Crippen molar-refractivity contribution >= 4 is 24.3 Å². The number of nitrogens with two attached hydrogens (primary N) is 1. The van der Waals surface area contributed by atoms with Gasteiger partial charge in [0, 0.05) is 13.5 Å². The molecule has 5 heteroatoms. The molecule has 0 spiro atoms. The van der Waals surface area contributed by atoms with E-state index in [9.17, 15) is 9.59 Å². The Hall–Kier alpha value is -0.770. The maximum atomic E-state index is 11.2. The molecule has 0 aliphatic rings. The first-order valence-corrected chi connectivity index (χ1v) is 3.80. The summed E-state index contributed by atoms with van der Waals surface area (Å²) in [6.45, 7) is 5.79. The van der Waals surface area contributed by atoms with E-state index in [1.54, 1.807) is 0 Å². The Balaban J connectivity index is 0. The fourth-order valence-electron chi connectivity index (χ4n) is 0.695. The average molecular weight is 209 g/mol. The smallest absolute Gasteiger partial charge is 0.321 e. The molecular formula is C8H17ClN2O2. The minimum atomic E-state index is -0.704. The van der Waals surface area contributed by atoms with Crippen molar-refractivity contribution in [3.05, 3.63) is 0 Å². The number of rotatable bonds is 1. The van der Waals surface area contributed by atoms with Gasteiger partial charge in [0.1, 0.15) is 0 Å². The van der Waals surface area contributed by atoms with Crippen molar-refractivity contribution in [3.63, 3.8) is 0 Å². The molecule has 0 rings (SSSR count). The van der Waals surface area contributed by atoms with Crippen LogP contribution in [-0.4, -0.2) is 23.9 Å². The number of hydrogen-bond acceptors (Lipinski definition) is 2. The van der Waals surface area contributed by atoms with Crippen molar-refractivity contribution in [2.24, 2.45) is 11.1 Å². The summed E-state index contributed by atoms with van der Waals surface area (Å²) in [7, 11) is 1.39. The van der Waals surface area contributed by atoms with E-state index >= 15 is 0 Å². The normalized spacial score (nSPS) is 10.2. The largest absolute Gasteiger partial charge is 0.351 e. The molecular weight excluding hydrogens is 192 g/mol. The summed E-state index contributed by atoms with van der Waals surface area (Å²) in [5.74, 6) is -0.241. The van der Waals surface area contributed by atoms with E-state index < -0.39 is 6.03 Å². The first-order chi connectivity index (χ1) is 5.24. The summed E-state index contributed by atoms with van der Waals surface area (Å²) in [5, 5.41) is 0. The molecule has 0 fully saturated rings. The minimum Gasteiger partial charge on any atom is -0.351 e. The lowest BCUT2D eigenvalue weighted by molar-refractivity contribution is -0.128. The Kier molecular flexibility index (Phi) is 5.74. The third-order valence-corrected chi connectivity index (χ3v) is 1.39. The van der Waals surface area contributed by atoms with Crippen LogP contribution in [0.1, 0.15) is 27.2 Å². The van der Waals surface area contributed by atoms with E-state index in [0.29, 0.717) is 6.42 Å². The highest BCUT2D eigenvalue weighted by Crippen LogP contribution is 2.19. The van der Waals surface area contributed by atoms with E-state index in [-0.39, 0.29) is 23.7 Å².